The van der Waals surface area contributed by atoms with Crippen LogP contribution in [-0.4, -0.2) is 54.3 Å². The molecule has 8 nitrogen and oxygen atoms in total. The van der Waals surface area contributed by atoms with Gasteiger partial charge in [-0.1, -0.05) is 48.0 Å². The number of imide groups is 1. The SMILES string of the molecule is Cc1ccc(N2CCN(c3nc(C=C4SC(=O)NC4=O)cc(N(C)Cc4ccccc4)n3)CC2)cc1. The Balaban J connectivity index is 1.40. The molecule has 1 aromatic heterocycles. The van der Waals surface area contributed by atoms with E-state index in [0.29, 0.717) is 23.1 Å². The van der Waals surface area contributed by atoms with Crippen LogP contribution >= 0.6 is 11.8 Å². The molecule has 2 aromatic carbocycles. The van der Waals surface area contributed by atoms with Gasteiger partial charge in [0.15, 0.2) is 0 Å². The van der Waals surface area contributed by atoms with Crippen LogP contribution in [0.15, 0.2) is 65.6 Å². The van der Waals surface area contributed by atoms with Crippen molar-refractivity contribution in [3.8, 4) is 0 Å². The second kappa shape index (κ2) is 10.4. The van der Waals surface area contributed by atoms with Gasteiger partial charge < -0.3 is 14.7 Å². The Kier molecular flexibility index (Phi) is 6.90. The van der Waals surface area contributed by atoms with Gasteiger partial charge >= 0.3 is 0 Å². The lowest BCUT2D eigenvalue weighted by atomic mass is 10.2. The summed E-state index contributed by atoms with van der Waals surface area (Å²) in [6.45, 7) is 6.06. The predicted octanol–water partition coefficient (Wildman–Crippen LogP) is 4.07. The predicted molar refractivity (Wildman–Crippen MR) is 145 cm³/mol. The second-order valence-electron chi connectivity index (χ2n) is 8.95. The Hall–Kier alpha value is -3.85. The van der Waals surface area contributed by atoms with Crippen molar-refractivity contribution in [2.45, 2.75) is 13.5 Å². The highest BCUT2D eigenvalue weighted by Crippen LogP contribution is 2.28. The molecular formula is C27H28N6O2S. The number of piperazine rings is 1. The molecule has 0 bridgehead atoms. The summed E-state index contributed by atoms with van der Waals surface area (Å²) >= 11 is 0.893. The molecule has 0 saturated carbocycles. The minimum absolute atomic E-state index is 0.338. The van der Waals surface area contributed by atoms with E-state index >= 15 is 0 Å². The quantitative estimate of drug-likeness (QED) is 0.508. The van der Waals surface area contributed by atoms with Crippen molar-refractivity contribution in [1.82, 2.24) is 15.3 Å². The zero-order chi connectivity index (χ0) is 25.1. The average Bonchev–Trinajstić information content (AvgIpc) is 3.21. The summed E-state index contributed by atoms with van der Waals surface area (Å²) < 4.78 is 0. The Morgan fingerprint density at radius 1 is 0.972 bits per heavy atom. The van der Waals surface area contributed by atoms with E-state index in [1.807, 2.05) is 31.3 Å². The number of rotatable bonds is 6. The second-order valence-corrected chi connectivity index (χ2v) is 9.97. The highest BCUT2D eigenvalue weighted by molar-refractivity contribution is 8.18. The molecule has 0 unspecified atom stereocenters. The number of aryl methyl sites for hydroxylation is 1. The normalized spacial score (nSPS) is 17.0. The number of thioether (sulfide) groups is 1. The molecule has 0 spiro atoms. The number of nitrogens with one attached hydrogen (secondary N) is 1. The molecule has 2 fully saturated rings. The van der Waals surface area contributed by atoms with E-state index in [9.17, 15) is 9.59 Å². The number of hydrogen-bond donors (Lipinski definition) is 1. The van der Waals surface area contributed by atoms with E-state index in [-0.39, 0.29) is 5.24 Å². The van der Waals surface area contributed by atoms with Crippen LogP contribution in [0.5, 0.6) is 0 Å². The van der Waals surface area contributed by atoms with Gasteiger partial charge in [-0.2, -0.15) is 4.98 Å². The Morgan fingerprint density at radius 2 is 1.67 bits per heavy atom. The van der Waals surface area contributed by atoms with Crippen LogP contribution in [0.1, 0.15) is 16.8 Å². The number of anilines is 3. The Labute approximate surface area is 215 Å². The highest BCUT2D eigenvalue weighted by Gasteiger charge is 2.26. The van der Waals surface area contributed by atoms with Crippen LogP contribution in [0, 0.1) is 6.92 Å². The fourth-order valence-corrected chi connectivity index (χ4v) is 4.93. The topological polar surface area (TPSA) is 81.7 Å². The lowest BCUT2D eigenvalue weighted by Gasteiger charge is -2.36. The van der Waals surface area contributed by atoms with Crippen LogP contribution in [0.4, 0.5) is 22.2 Å². The first kappa shape index (κ1) is 23.9. The number of aromatic nitrogens is 2. The van der Waals surface area contributed by atoms with E-state index in [2.05, 4.69) is 63.3 Å². The molecule has 9 heteroatoms. The minimum atomic E-state index is -0.393. The van der Waals surface area contributed by atoms with Gasteiger partial charge in [-0.3, -0.25) is 14.9 Å². The number of nitrogens with zero attached hydrogens (tertiary/aromatic N) is 5. The molecular weight excluding hydrogens is 472 g/mol. The molecule has 1 N–H and O–H groups in total. The largest absolute Gasteiger partial charge is 0.368 e. The Morgan fingerprint density at radius 3 is 2.33 bits per heavy atom. The number of carbonyl (C=O) groups is 2. The zero-order valence-corrected chi connectivity index (χ0v) is 21.2. The van der Waals surface area contributed by atoms with Crippen LogP contribution in [0.3, 0.4) is 0 Å². The van der Waals surface area contributed by atoms with Crippen molar-refractivity contribution in [1.29, 1.82) is 0 Å². The number of hydrogen-bond acceptors (Lipinski definition) is 8. The first-order valence-corrected chi connectivity index (χ1v) is 12.7. The van der Waals surface area contributed by atoms with E-state index in [0.717, 1.165) is 43.8 Å². The summed E-state index contributed by atoms with van der Waals surface area (Å²) in [4.78, 5) is 40.4. The number of benzene rings is 2. The fraction of sp³-hybridized carbons (Fsp3) is 0.259. The molecule has 184 valence electrons. The standard InChI is InChI=1S/C27H28N6O2S/c1-19-8-10-22(11-9-19)32-12-14-33(15-13-32)26-28-21(16-23-25(34)30-27(35)36-23)17-24(29-26)31(2)18-20-6-4-3-5-7-20/h3-11,16-17H,12-15,18H2,1-2H3,(H,30,34,35). The molecule has 2 amide bonds. The van der Waals surface area contributed by atoms with Crippen molar-refractivity contribution in [2.75, 3.05) is 47.9 Å². The molecule has 0 radical (unpaired) electrons. The summed E-state index contributed by atoms with van der Waals surface area (Å²) in [6, 6.07) is 20.7. The van der Waals surface area contributed by atoms with Gasteiger partial charge in [-0.15, -0.1) is 0 Å². The molecule has 2 saturated heterocycles. The lowest BCUT2D eigenvalue weighted by Crippen LogP contribution is -2.47. The van der Waals surface area contributed by atoms with Crippen molar-refractivity contribution in [3.63, 3.8) is 0 Å². The molecule has 3 heterocycles. The van der Waals surface area contributed by atoms with Gasteiger partial charge in [-0.05, 0) is 42.5 Å². The van der Waals surface area contributed by atoms with E-state index in [4.69, 9.17) is 9.97 Å². The molecule has 0 aliphatic carbocycles. The van der Waals surface area contributed by atoms with Gasteiger partial charge in [-0.25, -0.2) is 4.98 Å². The third-order valence-electron chi connectivity index (χ3n) is 6.26. The molecule has 2 aliphatic rings. The minimum Gasteiger partial charge on any atom is -0.368 e. The molecule has 2 aliphatic heterocycles. The molecule has 0 atom stereocenters. The van der Waals surface area contributed by atoms with Gasteiger partial charge in [0.2, 0.25) is 5.95 Å². The molecule has 5 rings (SSSR count). The van der Waals surface area contributed by atoms with Gasteiger partial charge in [0.1, 0.15) is 5.82 Å². The summed E-state index contributed by atoms with van der Waals surface area (Å²) in [6.07, 6.45) is 1.67. The molecule has 3 aromatic rings. The lowest BCUT2D eigenvalue weighted by molar-refractivity contribution is -0.115. The van der Waals surface area contributed by atoms with E-state index in [1.54, 1.807) is 6.08 Å². The van der Waals surface area contributed by atoms with Crippen molar-refractivity contribution in [3.05, 3.63) is 82.4 Å². The maximum absolute atomic E-state index is 12.1. The monoisotopic (exact) mass is 500 g/mol. The first-order chi connectivity index (χ1) is 17.4. The van der Waals surface area contributed by atoms with Crippen molar-refractivity contribution < 1.29 is 9.59 Å². The summed E-state index contributed by atoms with van der Waals surface area (Å²) in [5.41, 5.74) is 4.24. The average molecular weight is 501 g/mol. The number of amides is 2. The third kappa shape index (κ3) is 5.52. The fourth-order valence-electron chi connectivity index (χ4n) is 4.26. The summed E-state index contributed by atoms with van der Waals surface area (Å²) in [5.74, 6) is 0.986. The third-order valence-corrected chi connectivity index (χ3v) is 7.07. The van der Waals surface area contributed by atoms with E-state index in [1.165, 1.54) is 16.8 Å². The highest BCUT2D eigenvalue weighted by atomic mass is 32.2. The van der Waals surface area contributed by atoms with Crippen LogP contribution < -0.4 is 20.0 Å². The number of carbonyl (C=O) groups excluding carboxylic acids is 2. The zero-order valence-electron chi connectivity index (χ0n) is 20.3. The van der Waals surface area contributed by atoms with Crippen LogP contribution in [-0.2, 0) is 11.3 Å². The first-order valence-electron chi connectivity index (χ1n) is 11.9. The van der Waals surface area contributed by atoms with Crippen LogP contribution in [0.25, 0.3) is 6.08 Å². The summed E-state index contributed by atoms with van der Waals surface area (Å²) in [5, 5.41) is 1.94. The van der Waals surface area contributed by atoms with Crippen molar-refractivity contribution >= 4 is 46.4 Å². The van der Waals surface area contributed by atoms with E-state index < -0.39 is 5.91 Å². The maximum Gasteiger partial charge on any atom is 0.290 e. The molecule has 36 heavy (non-hydrogen) atoms. The van der Waals surface area contributed by atoms with Gasteiger partial charge in [0, 0.05) is 51.5 Å². The Bertz CT molecular complexity index is 1290. The summed E-state index contributed by atoms with van der Waals surface area (Å²) in [7, 11) is 1.99. The smallest absolute Gasteiger partial charge is 0.290 e. The van der Waals surface area contributed by atoms with Gasteiger partial charge in [0.25, 0.3) is 11.1 Å². The maximum atomic E-state index is 12.1. The van der Waals surface area contributed by atoms with Crippen molar-refractivity contribution in [2.24, 2.45) is 0 Å². The van der Waals surface area contributed by atoms with Crippen LogP contribution in [0.2, 0.25) is 0 Å². The van der Waals surface area contributed by atoms with Gasteiger partial charge in [0.05, 0.1) is 10.6 Å².